The van der Waals surface area contributed by atoms with Crippen LogP contribution in [0.5, 0.6) is 0 Å². The second-order valence-electron chi connectivity index (χ2n) is 3.60. The van der Waals surface area contributed by atoms with E-state index < -0.39 is 0 Å². The molecule has 1 aromatic rings. The zero-order chi connectivity index (χ0) is 9.97. The van der Waals surface area contributed by atoms with Crippen molar-refractivity contribution in [3.05, 3.63) is 11.9 Å². The van der Waals surface area contributed by atoms with Crippen LogP contribution in [0.2, 0.25) is 0 Å². The Morgan fingerprint density at radius 3 is 3.00 bits per heavy atom. The third-order valence-electron chi connectivity index (χ3n) is 2.49. The van der Waals surface area contributed by atoms with E-state index in [0.29, 0.717) is 0 Å². The van der Waals surface area contributed by atoms with Crippen molar-refractivity contribution in [1.82, 2.24) is 5.27 Å². The van der Waals surface area contributed by atoms with Crippen LogP contribution in [0.3, 0.4) is 0 Å². The van der Waals surface area contributed by atoms with E-state index >= 15 is 0 Å². The minimum absolute atomic E-state index is 0.00259. The molecule has 0 aromatic carbocycles. The summed E-state index contributed by atoms with van der Waals surface area (Å²) in [7, 11) is 0. The molecule has 0 radical (unpaired) electrons. The Labute approximate surface area is 81.6 Å². The van der Waals surface area contributed by atoms with Crippen LogP contribution in [0, 0.1) is 0 Å². The highest BCUT2D eigenvalue weighted by molar-refractivity contribution is 5.19. The first kappa shape index (κ1) is 9.26. The first-order valence-electron chi connectivity index (χ1n) is 4.80. The van der Waals surface area contributed by atoms with Crippen LogP contribution in [0.1, 0.15) is 25.7 Å². The van der Waals surface area contributed by atoms with Gasteiger partial charge in [0.25, 0.3) is 6.20 Å². The van der Waals surface area contributed by atoms with Gasteiger partial charge in [0.1, 0.15) is 11.9 Å². The maximum atomic E-state index is 9.66. The van der Waals surface area contributed by atoms with Gasteiger partial charge in [0, 0.05) is 0 Å². The first-order valence-corrected chi connectivity index (χ1v) is 4.80. The maximum Gasteiger partial charge on any atom is 0.256 e. The largest absolute Gasteiger partial charge is 0.660 e. The highest BCUT2D eigenvalue weighted by Gasteiger charge is 2.26. The van der Waals surface area contributed by atoms with Gasteiger partial charge in [0.2, 0.25) is 5.27 Å². The molecule has 2 atom stereocenters. The number of rotatable bonds is 2. The summed E-state index contributed by atoms with van der Waals surface area (Å²) >= 11 is 0. The number of hydrogen-bond donors (Lipinski definition) is 2. The quantitative estimate of drug-likeness (QED) is 0.677. The summed E-state index contributed by atoms with van der Waals surface area (Å²) in [6, 6.07) is 0.0123. The highest BCUT2D eigenvalue weighted by atomic mass is 16.5. The summed E-state index contributed by atoms with van der Waals surface area (Å²) in [6.45, 7) is 0. The molecule has 14 heavy (non-hydrogen) atoms. The minimum Gasteiger partial charge on any atom is -0.660 e. The zero-order valence-electron chi connectivity index (χ0n) is 7.81. The third-order valence-corrected chi connectivity index (χ3v) is 2.49. The van der Waals surface area contributed by atoms with Crippen molar-refractivity contribution in [2.75, 3.05) is 5.43 Å². The lowest BCUT2D eigenvalue weighted by molar-refractivity contribution is -0.723. The lowest BCUT2D eigenvalue weighted by atomic mass is 9.93. The SMILES string of the molecule is [NH-]c1c[n+](NC2CCCCC2O)no1. The molecule has 1 aliphatic carbocycles. The average molecular weight is 198 g/mol. The van der Waals surface area contributed by atoms with Crippen molar-refractivity contribution in [2.24, 2.45) is 0 Å². The number of nitrogens with zero attached hydrogens (tertiary/aromatic N) is 2. The van der Waals surface area contributed by atoms with Crippen molar-refractivity contribution in [3.63, 3.8) is 0 Å². The predicted molar refractivity (Wildman–Crippen MR) is 48.3 cm³/mol. The topological polar surface area (TPSA) is 86.0 Å². The van der Waals surface area contributed by atoms with E-state index in [1.807, 2.05) is 0 Å². The van der Waals surface area contributed by atoms with Gasteiger partial charge in [0.15, 0.2) is 0 Å². The monoisotopic (exact) mass is 198 g/mol. The molecule has 6 nitrogen and oxygen atoms in total. The second-order valence-corrected chi connectivity index (χ2v) is 3.60. The second kappa shape index (κ2) is 3.83. The fourth-order valence-electron chi connectivity index (χ4n) is 1.74. The number of aliphatic hydroxyl groups is 1. The fraction of sp³-hybridized carbons (Fsp3) is 0.750. The minimum atomic E-state index is -0.331. The molecule has 0 bridgehead atoms. The molecule has 0 spiro atoms. The summed E-state index contributed by atoms with van der Waals surface area (Å²) in [5.74, 6) is 0.00259. The molecule has 0 amide bonds. The molecular formula is C8H14N4O2. The Bertz CT molecular complexity index is 301. The van der Waals surface area contributed by atoms with Crippen LogP contribution in [0.25, 0.3) is 5.73 Å². The third kappa shape index (κ3) is 1.95. The maximum absolute atomic E-state index is 9.66. The summed E-state index contributed by atoms with van der Waals surface area (Å²) < 4.78 is 4.58. The van der Waals surface area contributed by atoms with Crippen LogP contribution in [-0.4, -0.2) is 22.5 Å². The van der Waals surface area contributed by atoms with Gasteiger partial charge >= 0.3 is 0 Å². The fourth-order valence-corrected chi connectivity index (χ4v) is 1.74. The van der Waals surface area contributed by atoms with Gasteiger partial charge in [-0.3, -0.25) is 0 Å². The first-order chi connectivity index (χ1) is 6.75. The van der Waals surface area contributed by atoms with Gasteiger partial charge in [-0.1, -0.05) is 12.8 Å². The molecule has 0 aliphatic heterocycles. The lowest BCUT2D eigenvalue weighted by Crippen LogP contribution is -2.55. The smallest absolute Gasteiger partial charge is 0.256 e. The molecule has 1 heterocycles. The normalized spacial score (nSPS) is 27.5. The summed E-state index contributed by atoms with van der Waals surface area (Å²) in [5.41, 5.74) is 10.1. The van der Waals surface area contributed by atoms with Crippen LogP contribution in [0.15, 0.2) is 10.7 Å². The van der Waals surface area contributed by atoms with Gasteiger partial charge in [-0.25, -0.2) is 0 Å². The van der Waals surface area contributed by atoms with Crippen LogP contribution in [-0.2, 0) is 0 Å². The lowest BCUT2D eigenvalue weighted by Gasteiger charge is -2.24. The molecule has 0 saturated heterocycles. The van der Waals surface area contributed by atoms with E-state index in [-0.39, 0.29) is 18.0 Å². The number of hydrogen-bond acceptors (Lipinski definition) is 4. The van der Waals surface area contributed by atoms with Crippen LogP contribution < -0.4 is 10.2 Å². The van der Waals surface area contributed by atoms with Crippen molar-refractivity contribution >= 4 is 5.88 Å². The van der Waals surface area contributed by atoms with Gasteiger partial charge in [0.05, 0.1) is 10.9 Å². The van der Waals surface area contributed by atoms with Gasteiger partial charge in [-0.15, -0.1) is 0 Å². The Hall–Kier alpha value is -1.30. The Morgan fingerprint density at radius 2 is 2.36 bits per heavy atom. The van der Waals surface area contributed by atoms with E-state index in [0.717, 1.165) is 25.7 Å². The Morgan fingerprint density at radius 1 is 1.57 bits per heavy atom. The van der Waals surface area contributed by atoms with Gasteiger partial charge in [-0.05, 0) is 12.8 Å². The van der Waals surface area contributed by atoms with E-state index in [9.17, 15) is 5.11 Å². The number of aromatic nitrogens is 2. The number of aliphatic hydroxyl groups excluding tert-OH is 1. The van der Waals surface area contributed by atoms with Gasteiger partial charge in [-0.2, -0.15) is 5.43 Å². The Balaban J connectivity index is 1.95. The van der Waals surface area contributed by atoms with Crippen molar-refractivity contribution in [2.45, 2.75) is 37.8 Å². The summed E-state index contributed by atoms with van der Waals surface area (Å²) in [6.07, 6.45) is 5.04. The number of nitrogens with one attached hydrogen (secondary N) is 2. The molecule has 1 aromatic heterocycles. The summed E-state index contributed by atoms with van der Waals surface area (Å²) in [4.78, 5) is 1.35. The zero-order valence-corrected chi connectivity index (χ0v) is 7.81. The molecule has 3 N–H and O–H groups in total. The van der Waals surface area contributed by atoms with E-state index in [1.165, 1.54) is 11.0 Å². The highest BCUT2D eigenvalue weighted by Crippen LogP contribution is 2.18. The van der Waals surface area contributed by atoms with E-state index in [1.54, 1.807) is 0 Å². The van der Waals surface area contributed by atoms with Crippen molar-refractivity contribution in [1.29, 1.82) is 0 Å². The molecule has 6 heteroatoms. The van der Waals surface area contributed by atoms with Gasteiger partial charge < -0.3 is 15.4 Å². The average Bonchev–Trinajstić information content (AvgIpc) is 2.56. The molecule has 1 aliphatic rings. The van der Waals surface area contributed by atoms with Crippen LogP contribution in [0.4, 0.5) is 5.88 Å². The standard InChI is InChI=1S/C8H14N4O2/c9-8-5-12(11-14-8)10-6-3-1-2-4-7(6)13/h5-7,9,13H,1-4H2,(H,10,11). The molecular weight excluding hydrogens is 184 g/mol. The molecule has 1 fully saturated rings. The van der Waals surface area contributed by atoms with Crippen molar-refractivity contribution < 1.29 is 14.4 Å². The molecule has 78 valence electrons. The molecule has 1 saturated carbocycles. The predicted octanol–water partition coefficient (Wildman–Crippen LogP) is 0.493. The van der Waals surface area contributed by atoms with E-state index in [2.05, 4.69) is 15.2 Å². The van der Waals surface area contributed by atoms with E-state index in [4.69, 9.17) is 5.73 Å². The van der Waals surface area contributed by atoms with Crippen LogP contribution >= 0.6 is 0 Å². The Kier molecular flexibility index (Phi) is 2.53. The summed E-state index contributed by atoms with van der Waals surface area (Å²) in [5, 5.41) is 13.2. The molecule has 2 unspecified atom stereocenters. The molecule has 2 rings (SSSR count). The van der Waals surface area contributed by atoms with Crippen molar-refractivity contribution in [3.8, 4) is 0 Å².